The molecule has 0 fully saturated rings. The Morgan fingerprint density at radius 2 is 1.86 bits per heavy atom. The molecule has 2 rings (SSSR count). The summed E-state index contributed by atoms with van der Waals surface area (Å²) in [6, 6.07) is 15.9. The second-order valence-electron chi connectivity index (χ2n) is 4.41. The maximum atomic E-state index is 11.9. The van der Waals surface area contributed by atoms with Crippen LogP contribution in [0.1, 0.15) is 11.1 Å². The number of carbonyl (C=O) groups is 1. The van der Waals surface area contributed by atoms with Crippen molar-refractivity contribution < 1.29 is 9.53 Å². The largest absolute Gasteiger partial charge is 0.457 e. The van der Waals surface area contributed by atoms with Gasteiger partial charge in [-0.15, -0.1) is 0 Å². The lowest BCUT2D eigenvalue weighted by molar-refractivity contribution is -0.139. The second-order valence-corrected chi connectivity index (χ2v) is 5.22. The van der Waals surface area contributed by atoms with Crippen molar-refractivity contribution in [3.63, 3.8) is 0 Å². The van der Waals surface area contributed by atoms with Crippen LogP contribution in [-0.4, -0.2) is 5.97 Å². The summed E-state index contributed by atoms with van der Waals surface area (Å²) in [4.78, 5) is 11.9. The molecule has 0 atom stereocenters. The summed E-state index contributed by atoms with van der Waals surface area (Å²) in [5, 5.41) is 9.86. The standard InChI is InChI=1S/C17H11Cl2NO2/c18-15-7-6-13(9-16(15)19)8-14(10-20)17(21)22-11-12-4-2-1-3-5-12/h1-9H,11H2/b14-8-. The van der Waals surface area contributed by atoms with Crippen LogP contribution >= 0.6 is 23.2 Å². The highest BCUT2D eigenvalue weighted by molar-refractivity contribution is 6.42. The molecule has 0 aromatic heterocycles. The van der Waals surface area contributed by atoms with E-state index in [1.54, 1.807) is 18.2 Å². The Labute approximate surface area is 138 Å². The molecule has 0 aliphatic rings. The third-order valence-electron chi connectivity index (χ3n) is 2.81. The highest BCUT2D eigenvalue weighted by Crippen LogP contribution is 2.23. The molecule has 2 aromatic carbocycles. The minimum absolute atomic E-state index is 0.102. The first kappa shape index (κ1) is 16.1. The van der Waals surface area contributed by atoms with Crippen molar-refractivity contribution in [2.45, 2.75) is 6.61 Å². The molecule has 110 valence electrons. The van der Waals surface area contributed by atoms with E-state index in [9.17, 15) is 4.79 Å². The Kier molecular flexibility index (Phi) is 5.60. The minimum Gasteiger partial charge on any atom is -0.457 e. The number of hydrogen-bond donors (Lipinski definition) is 0. The zero-order valence-electron chi connectivity index (χ0n) is 11.4. The zero-order valence-corrected chi connectivity index (χ0v) is 12.9. The van der Waals surface area contributed by atoms with Gasteiger partial charge in [0.1, 0.15) is 18.2 Å². The first-order valence-electron chi connectivity index (χ1n) is 6.38. The predicted molar refractivity (Wildman–Crippen MR) is 86.3 cm³/mol. The van der Waals surface area contributed by atoms with Crippen LogP contribution in [0.2, 0.25) is 10.0 Å². The monoisotopic (exact) mass is 331 g/mol. The molecule has 0 bridgehead atoms. The smallest absolute Gasteiger partial charge is 0.349 e. The van der Waals surface area contributed by atoms with Crippen LogP contribution in [0.5, 0.6) is 0 Å². The molecule has 0 saturated carbocycles. The Hall–Kier alpha value is -2.28. The van der Waals surface area contributed by atoms with Crippen LogP contribution in [0, 0.1) is 11.3 Å². The van der Waals surface area contributed by atoms with Crippen molar-refractivity contribution in [1.29, 1.82) is 5.26 Å². The maximum Gasteiger partial charge on any atom is 0.349 e. The van der Waals surface area contributed by atoms with Crippen molar-refractivity contribution in [1.82, 2.24) is 0 Å². The van der Waals surface area contributed by atoms with E-state index in [4.69, 9.17) is 33.2 Å². The maximum absolute atomic E-state index is 11.9. The van der Waals surface area contributed by atoms with E-state index < -0.39 is 5.97 Å². The first-order chi connectivity index (χ1) is 10.6. The highest BCUT2D eigenvalue weighted by Gasteiger charge is 2.11. The van der Waals surface area contributed by atoms with E-state index in [0.717, 1.165) is 5.56 Å². The van der Waals surface area contributed by atoms with Gasteiger partial charge in [-0.1, -0.05) is 59.6 Å². The average Bonchev–Trinajstić information content (AvgIpc) is 2.54. The van der Waals surface area contributed by atoms with Gasteiger partial charge in [-0.2, -0.15) is 5.26 Å². The van der Waals surface area contributed by atoms with Crippen LogP contribution in [-0.2, 0) is 16.1 Å². The van der Waals surface area contributed by atoms with Gasteiger partial charge in [-0.05, 0) is 29.3 Å². The summed E-state index contributed by atoms with van der Waals surface area (Å²) in [7, 11) is 0. The molecule has 3 nitrogen and oxygen atoms in total. The van der Waals surface area contributed by atoms with Crippen molar-refractivity contribution in [3.8, 4) is 6.07 Å². The summed E-state index contributed by atoms with van der Waals surface area (Å²) >= 11 is 11.7. The molecule has 0 N–H and O–H groups in total. The lowest BCUT2D eigenvalue weighted by atomic mass is 10.1. The number of carbonyl (C=O) groups excluding carboxylic acids is 1. The van der Waals surface area contributed by atoms with Gasteiger partial charge < -0.3 is 4.74 Å². The molecule has 0 amide bonds. The molecular weight excluding hydrogens is 321 g/mol. The second kappa shape index (κ2) is 7.65. The van der Waals surface area contributed by atoms with E-state index in [1.165, 1.54) is 6.08 Å². The Morgan fingerprint density at radius 3 is 2.50 bits per heavy atom. The lowest BCUT2D eigenvalue weighted by Gasteiger charge is -2.04. The number of nitrogens with zero attached hydrogens (tertiary/aromatic N) is 1. The van der Waals surface area contributed by atoms with Crippen molar-refractivity contribution in [3.05, 3.63) is 75.3 Å². The summed E-state index contributed by atoms with van der Waals surface area (Å²) in [5.41, 5.74) is 1.35. The molecule has 0 aliphatic carbocycles. The van der Waals surface area contributed by atoms with Crippen LogP contribution in [0.25, 0.3) is 6.08 Å². The predicted octanol–water partition coefficient (Wildman–Crippen LogP) is 4.64. The number of nitriles is 1. The summed E-state index contributed by atoms with van der Waals surface area (Å²) in [6.07, 6.45) is 1.41. The fourth-order valence-electron chi connectivity index (χ4n) is 1.71. The zero-order chi connectivity index (χ0) is 15.9. The van der Waals surface area contributed by atoms with Crippen molar-refractivity contribution in [2.24, 2.45) is 0 Å². The topological polar surface area (TPSA) is 50.1 Å². The quantitative estimate of drug-likeness (QED) is 0.465. The van der Waals surface area contributed by atoms with Crippen molar-refractivity contribution in [2.75, 3.05) is 0 Å². The molecule has 0 saturated heterocycles. The van der Waals surface area contributed by atoms with Crippen LogP contribution in [0.15, 0.2) is 54.1 Å². The van der Waals surface area contributed by atoms with Gasteiger partial charge in [0.15, 0.2) is 0 Å². The highest BCUT2D eigenvalue weighted by atomic mass is 35.5. The first-order valence-corrected chi connectivity index (χ1v) is 7.13. The number of hydrogen-bond acceptors (Lipinski definition) is 3. The normalized spacial score (nSPS) is 10.9. The van der Waals surface area contributed by atoms with E-state index in [2.05, 4.69) is 0 Å². The van der Waals surface area contributed by atoms with E-state index in [-0.39, 0.29) is 12.2 Å². The molecule has 0 heterocycles. The fourth-order valence-corrected chi connectivity index (χ4v) is 2.01. The molecular formula is C17H11Cl2NO2. The number of rotatable bonds is 4. The van der Waals surface area contributed by atoms with Gasteiger partial charge in [-0.3, -0.25) is 0 Å². The van der Waals surface area contributed by atoms with E-state index in [0.29, 0.717) is 15.6 Å². The average molecular weight is 332 g/mol. The minimum atomic E-state index is -0.683. The fraction of sp³-hybridized carbons (Fsp3) is 0.0588. The van der Waals surface area contributed by atoms with Gasteiger partial charge in [-0.25, -0.2) is 4.79 Å². The number of halogens is 2. The van der Waals surface area contributed by atoms with Gasteiger partial charge >= 0.3 is 5.97 Å². The third kappa shape index (κ3) is 4.36. The third-order valence-corrected chi connectivity index (χ3v) is 3.55. The number of benzene rings is 2. The molecule has 2 aromatic rings. The van der Waals surface area contributed by atoms with E-state index in [1.807, 2.05) is 36.4 Å². The molecule has 0 unspecified atom stereocenters. The Bertz CT molecular complexity index is 749. The molecule has 0 radical (unpaired) electrons. The van der Waals surface area contributed by atoms with Gasteiger partial charge in [0.2, 0.25) is 0 Å². The SMILES string of the molecule is N#C/C(=C/c1ccc(Cl)c(Cl)c1)C(=O)OCc1ccccc1. The summed E-state index contributed by atoms with van der Waals surface area (Å²) in [5.74, 6) is -0.683. The Morgan fingerprint density at radius 1 is 1.14 bits per heavy atom. The van der Waals surface area contributed by atoms with Gasteiger partial charge in [0, 0.05) is 0 Å². The van der Waals surface area contributed by atoms with Crippen molar-refractivity contribution >= 4 is 35.2 Å². The van der Waals surface area contributed by atoms with Crippen LogP contribution < -0.4 is 0 Å². The summed E-state index contributed by atoms with van der Waals surface area (Å²) in [6.45, 7) is 0.111. The molecule has 0 aliphatic heterocycles. The van der Waals surface area contributed by atoms with E-state index >= 15 is 0 Å². The summed E-state index contributed by atoms with van der Waals surface area (Å²) < 4.78 is 5.12. The van der Waals surface area contributed by atoms with Crippen LogP contribution in [0.3, 0.4) is 0 Å². The van der Waals surface area contributed by atoms with Crippen LogP contribution in [0.4, 0.5) is 0 Å². The Balaban J connectivity index is 2.10. The lowest BCUT2D eigenvalue weighted by Crippen LogP contribution is -2.06. The number of esters is 1. The van der Waals surface area contributed by atoms with Gasteiger partial charge in [0.25, 0.3) is 0 Å². The number of ether oxygens (including phenoxy) is 1. The molecule has 5 heteroatoms. The van der Waals surface area contributed by atoms with Gasteiger partial charge in [0.05, 0.1) is 10.0 Å². The molecule has 0 spiro atoms. The molecule has 22 heavy (non-hydrogen) atoms.